The number of furan rings is 1. The van der Waals surface area contributed by atoms with E-state index in [0.717, 1.165) is 44.2 Å². The topological polar surface area (TPSA) is 51.8 Å². The molecular formula is C53H33N3O. The zero-order chi connectivity index (χ0) is 37.7. The molecule has 0 fully saturated rings. The smallest absolute Gasteiger partial charge is 0.167 e. The van der Waals surface area contributed by atoms with Crippen molar-refractivity contribution >= 4 is 43.5 Å². The monoisotopic (exact) mass is 727 g/mol. The molecule has 0 N–H and O–H groups in total. The van der Waals surface area contributed by atoms with Gasteiger partial charge in [-0.05, 0) is 67.1 Å². The number of fused-ring (bicyclic) bond motifs is 5. The van der Waals surface area contributed by atoms with E-state index in [0.29, 0.717) is 17.5 Å². The summed E-state index contributed by atoms with van der Waals surface area (Å²) in [5.74, 6) is 1.77. The molecule has 0 saturated heterocycles. The van der Waals surface area contributed by atoms with E-state index in [9.17, 15) is 0 Å². The van der Waals surface area contributed by atoms with Crippen molar-refractivity contribution < 1.29 is 4.42 Å². The summed E-state index contributed by atoms with van der Waals surface area (Å²) in [6.07, 6.45) is 0. The minimum atomic E-state index is 0.567. The van der Waals surface area contributed by atoms with Crippen LogP contribution in [0.4, 0.5) is 0 Å². The molecule has 0 unspecified atom stereocenters. The van der Waals surface area contributed by atoms with Gasteiger partial charge in [-0.15, -0.1) is 0 Å². The van der Waals surface area contributed by atoms with E-state index in [1.807, 2.05) is 60.7 Å². The highest BCUT2D eigenvalue weighted by Gasteiger charge is 2.19. The van der Waals surface area contributed by atoms with E-state index in [4.69, 9.17) is 19.4 Å². The molecule has 2 heterocycles. The molecule has 0 aliphatic rings. The van der Waals surface area contributed by atoms with Gasteiger partial charge >= 0.3 is 0 Å². The maximum absolute atomic E-state index is 6.42. The SMILES string of the molecule is c1ccc(-c2ccc(-c3c4ccccc4c(-c4ccc(-c5nc(-c6ccccc6)nc(-c6cccc7c6oc6ccccc67)n5)cc4)c4ccccc34)cc2)cc1. The van der Waals surface area contributed by atoms with Crippen LogP contribution >= 0.6 is 0 Å². The van der Waals surface area contributed by atoms with Gasteiger partial charge in [-0.1, -0.05) is 188 Å². The molecule has 4 nitrogen and oxygen atoms in total. The third-order valence-electron chi connectivity index (χ3n) is 11.0. The minimum absolute atomic E-state index is 0.567. The van der Waals surface area contributed by atoms with Gasteiger partial charge in [-0.25, -0.2) is 15.0 Å². The lowest BCUT2D eigenvalue weighted by Crippen LogP contribution is -2.00. The van der Waals surface area contributed by atoms with Crippen LogP contribution in [0.5, 0.6) is 0 Å². The Balaban J connectivity index is 1.05. The second kappa shape index (κ2) is 13.6. The van der Waals surface area contributed by atoms with Crippen molar-refractivity contribution in [2.75, 3.05) is 0 Å². The van der Waals surface area contributed by atoms with E-state index < -0.39 is 0 Å². The summed E-state index contributed by atoms with van der Waals surface area (Å²) in [4.78, 5) is 15.2. The summed E-state index contributed by atoms with van der Waals surface area (Å²) in [7, 11) is 0. The molecule has 0 radical (unpaired) electrons. The van der Waals surface area contributed by atoms with Gasteiger partial charge in [0.25, 0.3) is 0 Å². The standard InChI is InChI=1S/C53H33N3O/c1-3-14-34(15-4-1)35-26-28-36(29-27-35)48-41-19-7-9-21-43(41)49(44-22-10-8-20-42(44)48)37-30-32-39(33-31-37)52-54-51(38-16-5-2-6-17-38)55-53(56-52)46-24-13-23-45-40-18-11-12-25-47(40)57-50(45)46/h1-33H. The van der Waals surface area contributed by atoms with Crippen LogP contribution < -0.4 is 0 Å². The summed E-state index contributed by atoms with van der Waals surface area (Å²) >= 11 is 0. The van der Waals surface area contributed by atoms with Gasteiger partial charge in [-0.3, -0.25) is 0 Å². The van der Waals surface area contributed by atoms with Crippen molar-refractivity contribution in [3.63, 3.8) is 0 Å². The van der Waals surface area contributed by atoms with Gasteiger partial charge in [-0.2, -0.15) is 0 Å². The number of hydrogen-bond donors (Lipinski definition) is 0. The van der Waals surface area contributed by atoms with Crippen molar-refractivity contribution in [1.82, 2.24) is 15.0 Å². The van der Waals surface area contributed by atoms with Crippen LogP contribution in [-0.4, -0.2) is 15.0 Å². The molecule has 266 valence electrons. The Morgan fingerprint density at radius 3 is 1.21 bits per heavy atom. The molecule has 2 aromatic heterocycles. The lowest BCUT2D eigenvalue weighted by Gasteiger charge is -2.18. The summed E-state index contributed by atoms with van der Waals surface area (Å²) in [6, 6.07) is 70.1. The predicted octanol–water partition coefficient (Wildman–Crippen LogP) is 14.1. The van der Waals surface area contributed by atoms with E-state index in [2.05, 4.69) is 140 Å². The molecule has 0 spiro atoms. The van der Waals surface area contributed by atoms with Gasteiger partial charge in [0.05, 0.1) is 5.56 Å². The maximum Gasteiger partial charge on any atom is 0.167 e. The third-order valence-corrected chi connectivity index (χ3v) is 11.0. The molecule has 0 amide bonds. The fraction of sp³-hybridized carbons (Fsp3) is 0. The van der Waals surface area contributed by atoms with Crippen molar-refractivity contribution in [3.8, 4) is 67.5 Å². The Bertz CT molecular complexity index is 3200. The highest BCUT2D eigenvalue weighted by atomic mass is 16.3. The molecule has 9 aromatic carbocycles. The number of para-hydroxylation sites is 2. The first kappa shape index (κ1) is 32.7. The molecular weight excluding hydrogens is 695 g/mol. The first-order valence-electron chi connectivity index (χ1n) is 19.2. The van der Waals surface area contributed by atoms with Gasteiger partial charge in [0.15, 0.2) is 17.5 Å². The summed E-state index contributed by atoms with van der Waals surface area (Å²) in [5.41, 5.74) is 11.4. The second-order valence-electron chi connectivity index (χ2n) is 14.3. The number of benzene rings is 9. The Morgan fingerprint density at radius 2 is 0.649 bits per heavy atom. The molecule has 0 bridgehead atoms. The molecule has 0 aliphatic heterocycles. The summed E-state index contributed by atoms with van der Waals surface area (Å²) in [5, 5.41) is 6.95. The highest BCUT2D eigenvalue weighted by molar-refractivity contribution is 6.21. The minimum Gasteiger partial charge on any atom is -0.455 e. The normalized spacial score (nSPS) is 11.5. The van der Waals surface area contributed by atoms with Crippen LogP contribution in [-0.2, 0) is 0 Å². The van der Waals surface area contributed by atoms with E-state index >= 15 is 0 Å². The number of hydrogen-bond acceptors (Lipinski definition) is 4. The maximum atomic E-state index is 6.42. The van der Waals surface area contributed by atoms with Crippen molar-refractivity contribution in [2.45, 2.75) is 0 Å². The lowest BCUT2D eigenvalue weighted by atomic mass is 9.85. The highest BCUT2D eigenvalue weighted by Crippen LogP contribution is 2.44. The van der Waals surface area contributed by atoms with Crippen LogP contribution in [0.2, 0.25) is 0 Å². The zero-order valence-electron chi connectivity index (χ0n) is 30.8. The molecule has 0 aliphatic carbocycles. The molecule has 57 heavy (non-hydrogen) atoms. The van der Waals surface area contributed by atoms with Crippen molar-refractivity contribution in [1.29, 1.82) is 0 Å². The largest absolute Gasteiger partial charge is 0.455 e. The second-order valence-corrected chi connectivity index (χ2v) is 14.3. The Morgan fingerprint density at radius 1 is 0.263 bits per heavy atom. The third kappa shape index (κ3) is 5.66. The Hall–Kier alpha value is -7.69. The Labute approximate surface area is 329 Å². The zero-order valence-corrected chi connectivity index (χ0v) is 30.8. The van der Waals surface area contributed by atoms with Gasteiger partial charge < -0.3 is 4.42 Å². The fourth-order valence-electron chi connectivity index (χ4n) is 8.26. The average Bonchev–Trinajstić information content (AvgIpc) is 3.68. The van der Waals surface area contributed by atoms with Crippen LogP contribution in [0.3, 0.4) is 0 Å². The summed E-state index contributed by atoms with van der Waals surface area (Å²) in [6.45, 7) is 0. The van der Waals surface area contributed by atoms with Crippen LogP contribution in [0.25, 0.3) is 111 Å². The fourth-order valence-corrected chi connectivity index (χ4v) is 8.26. The number of rotatable bonds is 6. The van der Waals surface area contributed by atoms with E-state index in [-0.39, 0.29) is 0 Å². The first-order valence-corrected chi connectivity index (χ1v) is 19.2. The van der Waals surface area contributed by atoms with Gasteiger partial charge in [0.1, 0.15) is 11.2 Å². The number of nitrogens with zero attached hydrogens (tertiary/aromatic N) is 3. The van der Waals surface area contributed by atoms with Gasteiger partial charge in [0.2, 0.25) is 0 Å². The molecule has 0 saturated carbocycles. The van der Waals surface area contributed by atoms with Crippen LogP contribution in [0.15, 0.2) is 205 Å². The van der Waals surface area contributed by atoms with Crippen molar-refractivity contribution in [3.05, 3.63) is 200 Å². The van der Waals surface area contributed by atoms with E-state index in [1.165, 1.54) is 49.4 Å². The van der Waals surface area contributed by atoms with E-state index in [1.54, 1.807) is 0 Å². The molecule has 11 aromatic rings. The number of aromatic nitrogens is 3. The summed E-state index contributed by atoms with van der Waals surface area (Å²) < 4.78 is 6.42. The lowest BCUT2D eigenvalue weighted by molar-refractivity contribution is 0.669. The van der Waals surface area contributed by atoms with Gasteiger partial charge in [0, 0.05) is 21.9 Å². The van der Waals surface area contributed by atoms with Crippen LogP contribution in [0, 0.1) is 0 Å². The quantitative estimate of drug-likeness (QED) is 0.160. The molecule has 11 rings (SSSR count). The molecule has 0 atom stereocenters. The van der Waals surface area contributed by atoms with Crippen LogP contribution in [0.1, 0.15) is 0 Å². The van der Waals surface area contributed by atoms with Crippen molar-refractivity contribution in [2.24, 2.45) is 0 Å². The first-order chi connectivity index (χ1) is 28.3. The average molecular weight is 728 g/mol. The Kier molecular flexibility index (Phi) is 7.78. The molecule has 4 heteroatoms. The predicted molar refractivity (Wildman–Crippen MR) is 235 cm³/mol.